The Morgan fingerprint density at radius 2 is 2.05 bits per heavy atom. The van der Waals surface area contributed by atoms with Gasteiger partial charge in [0.05, 0.1) is 18.8 Å². The first-order chi connectivity index (χ1) is 10.1. The number of aliphatic hydroxyl groups excluding tert-OH is 1. The quantitative estimate of drug-likeness (QED) is 0.745. The molecule has 1 atom stereocenters. The van der Waals surface area contributed by atoms with Crippen LogP contribution in [0.25, 0.3) is 0 Å². The number of rotatable bonds is 6. The Kier molecular flexibility index (Phi) is 4.94. The minimum absolute atomic E-state index is 0.0733. The summed E-state index contributed by atoms with van der Waals surface area (Å²) >= 11 is 0. The molecule has 0 saturated heterocycles. The first-order valence-corrected chi connectivity index (χ1v) is 6.82. The molecule has 6 nitrogen and oxygen atoms in total. The highest BCUT2D eigenvalue weighted by molar-refractivity contribution is 5.94. The average molecular weight is 288 g/mol. The van der Waals surface area contributed by atoms with Gasteiger partial charge in [-0.15, -0.1) is 0 Å². The summed E-state index contributed by atoms with van der Waals surface area (Å²) in [6, 6.07) is 8.92. The van der Waals surface area contributed by atoms with Crippen molar-refractivity contribution in [2.75, 3.05) is 11.9 Å². The van der Waals surface area contributed by atoms with E-state index in [1.54, 1.807) is 25.3 Å². The van der Waals surface area contributed by atoms with E-state index in [9.17, 15) is 4.79 Å². The molecule has 1 amide bonds. The van der Waals surface area contributed by atoms with Crippen LogP contribution in [0.15, 0.2) is 36.5 Å². The second-order valence-electron chi connectivity index (χ2n) is 4.93. The van der Waals surface area contributed by atoms with Gasteiger partial charge in [-0.3, -0.25) is 9.48 Å². The standard InChI is InChI=1S/C15H20N4O2/c1-11(10-20)18-15(21)12-3-5-13(6-4-12)16-9-14-7-8-17-19(14)2/h3-8,11,16,20H,9-10H2,1-2H3,(H,18,21). The van der Waals surface area contributed by atoms with Crippen LogP contribution < -0.4 is 10.6 Å². The first kappa shape index (κ1) is 15.1. The summed E-state index contributed by atoms with van der Waals surface area (Å²) in [5.74, 6) is -0.185. The largest absolute Gasteiger partial charge is 0.394 e. The minimum atomic E-state index is -0.250. The Bertz CT molecular complexity index is 592. The van der Waals surface area contributed by atoms with Gasteiger partial charge < -0.3 is 15.7 Å². The van der Waals surface area contributed by atoms with Crippen molar-refractivity contribution in [3.05, 3.63) is 47.8 Å². The Morgan fingerprint density at radius 1 is 1.33 bits per heavy atom. The summed E-state index contributed by atoms with van der Waals surface area (Å²) < 4.78 is 1.81. The molecular formula is C15H20N4O2. The summed E-state index contributed by atoms with van der Waals surface area (Å²) in [5.41, 5.74) is 2.58. The molecule has 0 aliphatic heterocycles. The van der Waals surface area contributed by atoms with E-state index >= 15 is 0 Å². The molecule has 6 heteroatoms. The van der Waals surface area contributed by atoms with Crippen LogP contribution in [0, 0.1) is 0 Å². The third-order valence-corrected chi connectivity index (χ3v) is 3.19. The Balaban J connectivity index is 1.92. The minimum Gasteiger partial charge on any atom is -0.394 e. The van der Waals surface area contributed by atoms with Crippen LogP contribution in [0.3, 0.4) is 0 Å². The number of anilines is 1. The zero-order valence-corrected chi connectivity index (χ0v) is 12.2. The van der Waals surface area contributed by atoms with Crippen molar-refractivity contribution in [2.24, 2.45) is 7.05 Å². The van der Waals surface area contributed by atoms with Crippen molar-refractivity contribution in [3.63, 3.8) is 0 Å². The lowest BCUT2D eigenvalue weighted by molar-refractivity contribution is 0.0922. The molecule has 2 rings (SSSR count). The van der Waals surface area contributed by atoms with Gasteiger partial charge >= 0.3 is 0 Å². The van der Waals surface area contributed by atoms with Crippen molar-refractivity contribution in [2.45, 2.75) is 19.5 Å². The van der Waals surface area contributed by atoms with Gasteiger partial charge in [0.25, 0.3) is 5.91 Å². The van der Waals surface area contributed by atoms with Crippen LogP contribution in [0.4, 0.5) is 5.69 Å². The number of aromatic nitrogens is 2. The van der Waals surface area contributed by atoms with Gasteiger partial charge in [-0.25, -0.2) is 0 Å². The highest BCUT2D eigenvalue weighted by Gasteiger charge is 2.08. The van der Waals surface area contributed by atoms with Crippen molar-refractivity contribution >= 4 is 11.6 Å². The molecule has 1 aromatic heterocycles. The fourth-order valence-corrected chi connectivity index (χ4v) is 1.86. The second-order valence-corrected chi connectivity index (χ2v) is 4.93. The molecule has 0 aliphatic rings. The molecule has 3 N–H and O–H groups in total. The predicted octanol–water partition coefficient (Wildman–Crippen LogP) is 1.14. The van der Waals surface area contributed by atoms with Crippen molar-refractivity contribution < 1.29 is 9.90 Å². The van der Waals surface area contributed by atoms with Crippen LogP contribution >= 0.6 is 0 Å². The number of aliphatic hydroxyl groups is 1. The monoisotopic (exact) mass is 288 g/mol. The number of aryl methyl sites for hydroxylation is 1. The van der Waals surface area contributed by atoms with Crippen molar-refractivity contribution in [3.8, 4) is 0 Å². The zero-order chi connectivity index (χ0) is 15.2. The van der Waals surface area contributed by atoms with Crippen molar-refractivity contribution in [1.82, 2.24) is 15.1 Å². The summed E-state index contributed by atoms with van der Waals surface area (Å²) in [7, 11) is 1.90. The van der Waals surface area contributed by atoms with E-state index in [2.05, 4.69) is 15.7 Å². The number of nitrogens with one attached hydrogen (secondary N) is 2. The van der Waals surface area contributed by atoms with E-state index < -0.39 is 0 Å². The van der Waals surface area contributed by atoms with E-state index in [0.29, 0.717) is 12.1 Å². The number of amides is 1. The SMILES string of the molecule is CC(CO)NC(=O)c1ccc(NCc2ccnn2C)cc1. The molecule has 1 unspecified atom stereocenters. The third-order valence-electron chi connectivity index (χ3n) is 3.19. The number of benzene rings is 1. The topological polar surface area (TPSA) is 79.2 Å². The molecule has 112 valence electrons. The molecule has 0 saturated carbocycles. The molecule has 0 aliphatic carbocycles. The first-order valence-electron chi connectivity index (χ1n) is 6.82. The lowest BCUT2D eigenvalue weighted by Gasteiger charge is -2.11. The van der Waals surface area contributed by atoms with Gasteiger partial charge in [0, 0.05) is 30.5 Å². The van der Waals surface area contributed by atoms with Gasteiger partial charge in [-0.2, -0.15) is 5.10 Å². The third kappa shape index (κ3) is 4.06. The van der Waals surface area contributed by atoms with Gasteiger partial charge in [-0.05, 0) is 37.3 Å². The molecular weight excluding hydrogens is 268 g/mol. The Hall–Kier alpha value is -2.34. The van der Waals surface area contributed by atoms with Gasteiger partial charge in [0.2, 0.25) is 0 Å². The van der Waals surface area contributed by atoms with Gasteiger partial charge in [0.1, 0.15) is 0 Å². The van der Waals surface area contributed by atoms with E-state index in [-0.39, 0.29) is 18.6 Å². The number of carbonyl (C=O) groups is 1. The number of carbonyl (C=O) groups excluding carboxylic acids is 1. The normalized spacial score (nSPS) is 12.0. The molecule has 21 heavy (non-hydrogen) atoms. The van der Waals surface area contributed by atoms with Crippen LogP contribution in [-0.2, 0) is 13.6 Å². The van der Waals surface area contributed by atoms with E-state index in [0.717, 1.165) is 11.4 Å². The summed E-state index contributed by atoms with van der Waals surface area (Å²) in [6.07, 6.45) is 1.76. The average Bonchev–Trinajstić information content (AvgIpc) is 2.90. The molecule has 0 bridgehead atoms. The summed E-state index contributed by atoms with van der Waals surface area (Å²) in [5, 5.41) is 19.0. The van der Waals surface area contributed by atoms with E-state index in [4.69, 9.17) is 5.11 Å². The fraction of sp³-hybridized carbons (Fsp3) is 0.333. The highest BCUT2D eigenvalue weighted by atomic mass is 16.3. The van der Waals surface area contributed by atoms with Crippen LogP contribution in [0.2, 0.25) is 0 Å². The maximum absolute atomic E-state index is 11.9. The van der Waals surface area contributed by atoms with Crippen molar-refractivity contribution in [1.29, 1.82) is 0 Å². The van der Waals surface area contributed by atoms with E-state index in [1.807, 2.05) is 29.9 Å². The fourth-order valence-electron chi connectivity index (χ4n) is 1.86. The van der Waals surface area contributed by atoms with Crippen LogP contribution in [-0.4, -0.2) is 33.4 Å². The summed E-state index contributed by atoms with van der Waals surface area (Å²) in [4.78, 5) is 11.9. The zero-order valence-electron chi connectivity index (χ0n) is 12.2. The predicted molar refractivity (Wildman–Crippen MR) is 81.0 cm³/mol. The number of nitrogens with zero attached hydrogens (tertiary/aromatic N) is 2. The number of hydrogen-bond acceptors (Lipinski definition) is 4. The Morgan fingerprint density at radius 3 is 2.62 bits per heavy atom. The maximum atomic E-state index is 11.9. The summed E-state index contributed by atoms with van der Waals surface area (Å²) in [6.45, 7) is 2.35. The van der Waals surface area contributed by atoms with Crippen LogP contribution in [0.1, 0.15) is 23.0 Å². The second kappa shape index (κ2) is 6.90. The molecule has 0 spiro atoms. The maximum Gasteiger partial charge on any atom is 0.251 e. The molecule has 0 fully saturated rings. The molecule has 2 aromatic rings. The highest BCUT2D eigenvalue weighted by Crippen LogP contribution is 2.11. The Labute approximate surface area is 123 Å². The van der Waals surface area contributed by atoms with Gasteiger partial charge in [-0.1, -0.05) is 0 Å². The molecule has 1 aromatic carbocycles. The smallest absolute Gasteiger partial charge is 0.251 e. The molecule has 0 radical (unpaired) electrons. The van der Waals surface area contributed by atoms with Gasteiger partial charge in [0.15, 0.2) is 0 Å². The molecule has 1 heterocycles. The van der Waals surface area contributed by atoms with Crippen LogP contribution in [0.5, 0.6) is 0 Å². The van der Waals surface area contributed by atoms with E-state index in [1.165, 1.54) is 0 Å². The number of hydrogen-bond donors (Lipinski definition) is 3. The lowest BCUT2D eigenvalue weighted by atomic mass is 10.2. The lowest BCUT2D eigenvalue weighted by Crippen LogP contribution is -2.34.